The zero-order valence-electron chi connectivity index (χ0n) is 11.3. The van der Waals surface area contributed by atoms with Crippen LogP contribution in [0.5, 0.6) is 0 Å². The molecule has 0 atom stereocenters. The molecule has 0 fully saturated rings. The molecule has 0 aliphatic heterocycles. The number of nitrogen functional groups attached to an aromatic ring is 1. The molecule has 0 aliphatic rings. The van der Waals surface area contributed by atoms with E-state index in [0.717, 1.165) is 14.1 Å². The van der Waals surface area contributed by atoms with Gasteiger partial charge in [-0.15, -0.1) is 4.09 Å². The molecule has 3 rings (SSSR count). The molecule has 0 unspecified atom stereocenters. The summed E-state index contributed by atoms with van der Waals surface area (Å²) >= 11 is 3.35. The highest BCUT2D eigenvalue weighted by Gasteiger charge is 2.21. The van der Waals surface area contributed by atoms with E-state index in [9.17, 15) is 8.42 Å². The maximum Gasteiger partial charge on any atom is 0.284 e. The van der Waals surface area contributed by atoms with Crippen LogP contribution in [0.25, 0.3) is 11.3 Å². The van der Waals surface area contributed by atoms with Crippen LogP contribution in [0.3, 0.4) is 0 Å². The molecule has 0 saturated heterocycles. The SMILES string of the molecule is Nc1cc(-c2ccc(Br)cc2)nn1S(=O)(=O)c1ccccc1. The number of anilines is 1. The number of hydrogen-bond donors (Lipinski definition) is 1. The molecule has 0 saturated carbocycles. The van der Waals surface area contributed by atoms with Crippen molar-refractivity contribution in [2.75, 3.05) is 5.73 Å². The van der Waals surface area contributed by atoms with E-state index in [1.54, 1.807) is 24.3 Å². The number of benzene rings is 2. The lowest BCUT2D eigenvalue weighted by Crippen LogP contribution is -2.16. The fourth-order valence-corrected chi connectivity index (χ4v) is 3.52. The maximum atomic E-state index is 12.6. The monoisotopic (exact) mass is 377 g/mol. The molecule has 0 bridgehead atoms. The van der Waals surface area contributed by atoms with Gasteiger partial charge in [0, 0.05) is 16.1 Å². The molecule has 3 aromatic rings. The molecule has 0 radical (unpaired) electrons. The third kappa shape index (κ3) is 2.65. The Labute approximate surface area is 136 Å². The van der Waals surface area contributed by atoms with Crippen molar-refractivity contribution >= 4 is 31.8 Å². The van der Waals surface area contributed by atoms with Gasteiger partial charge in [0.15, 0.2) is 0 Å². The van der Waals surface area contributed by atoms with Crippen LogP contribution in [0.15, 0.2) is 70.0 Å². The second kappa shape index (κ2) is 5.58. The number of aromatic nitrogens is 2. The van der Waals surface area contributed by atoms with E-state index < -0.39 is 10.0 Å². The minimum Gasteiger partial charge on any atom is -0.383 e. The van der Waals surface area contributed by atoms with E-state index in [0.29, 0.717) is 5.69 Å². The van der Waals surface area contributed by atoms with Gasteiger partial charge in [-0.3, -0.25) is 0 Å². The first-order valence-electron chi connectivity index (χ1n) is 6.40. The largest absolute Gasteiger partial charge is 0.383 e. The molecule has 5 nitrogen and oxygen atoms in total. The van der Waals surface area contributed by atoms with Gasteiger partial charge in [0.25, 0.3) is 10.0 Å². The number of hydrogen-bond acceptors (Lipinski definition) is 4. The summed E-state index contributed by atoms with van der Waals surface area (Å²) in [6.07, 6.45) is 0. The summed E-state index contributed by atoms with van der Waals surface area (Å²) < 4.78 is 26.9. The molecule has 0 aliphatic carbocycles. The zero-order valence-corrected chi connectivity index (χ0v) is 13.8. The van der Waals surface area contributed by atoms with E-state index >= 15 is 0 Å². The Kier molecular flexibility index (Phi) is 3.76. The lowest BCUT2D eigenvalue weighted by molar-refractivity contribution is 0.581. The second-order valence-corrected chi connectivity index (χ2v) is 7.31. The number of rotatable bonds is 3. The first-order valence-corrected chi connectivity index (χ1v) is 8.64. The van der Waals surface area contributed by atoms with Gasteiger partial charge < -0.3 is 5.73 Å². The smallest absolute Gasteiger partial charge is 0.284 e. The normalized spacial score (nSPS) is 11.5. The molecule has 7 heteroatoms. The van der Waals surface area contributed by atoms with Gasteiger partial charge in [-0.2, -0.15) is 13.5 Å². The van der Waals surface area contributed by atoms with Crippen molar-refractivity contribution in [3.8, 4) is 11.3 Å². The summed E-state index contributed by atoms with van der Waals surface area (Å²) in [5.74, 6) is 0.0711. The fraction of sp³-hybridized carbons (Fsp3) is 0. The Morgan fingerprint density at radius 3 is 2.27 bits per heavy atom. The van der Waals surface area contributed by atoms with Gasteiger partial charge in [-0.05, 0) is 24.3 Å². The molecular formula is C15H12BrN3O2S. The highest BCUT2D eigenvalue weighted by Crippen LogP contribution is 2.25. The summed E-state index contributed by atoms with van der Waals surface area (Å²) in [7, 11) is -3.79. The minimum atomic E-state index is -3.79. The van der Waals surface area contributed by atoms with Gasteiger partial charge >= 0.3 is 0 Å². The summed E-state index contributed by atoms with van der Waals surface area (Å²) in [5.41, 5.74) is 7.14. The topological polar surface area (TPSA) is 78.0 Å². The van der Waals surface area contributed by atoms with Crippen molar-refractivity contribution in [1.82, 2.24) is 9.19 Å². The highest BCUT2D eigenvalue weighted by atomic mass is 79.9. The van der Waals surface area contributed by atoms with Crippen molar-refractivity contribution in [2.45, 2.75) is 4.90 Å². The molecule has 1 heterocycles. The van der Waals surface area contributed by atoms with E-state index in [1.807, 2.05) is 24.3 Å². The predicted octanol–water partition coefficient (Wildman–Crippen LogP) is 3.13. The Morgan fingerprint density at radius 2 is 1.64 bits per heavy atom. The van der Waals surface area contributed by atoms with Crippen LogP contribution in [0, 0.1) is 0 Å². The number of halogens is 1. The van der Waals surface area contributed by atoms with Crippen molar-refractivity contribution in [3.05, 3.63) is 65.1 Å². The average Bonchev–Trinajstić information content (AvgIpc) is 2.91. The standard InChI is InChI=1S/C15H12BrN3O2S/c16-12-8-6-11(7-9-12)14-10-15(17)19(18-14)22(20,21)13-4-2-1-3-5-13/h1-10H,17H2. The van der Waals surface area contributed by atoms with Crippen LogP contribution in [0.2, 0.25) is 0 Å². The Balaban J connectivity index is 2.08. The van der Waals surface area contributed by atoms with Crippen LogP contribution in [0.1, 0.15) is 0 Å². The minimum absolute atomic E-state index is 0.0711. The van der Waals surface area contributed by atoms with Crippen molar-refractivity contribution in [1.29, 1.82) is 0 Å². The lowest BCUT2D eigenvalue weighted by atomic mass is 10.2. The Bertz CT molecular complexity index is 904. The van der Waals surface area contributed by atoms with E-state index in [1.165, 1.54) is 12.1 Å². The van der Waals surface area contributed by atoms with Crippen molar-refractivity contribution in [3.63, 3.8) is 0 Å². The molecule has 0 amide bonds. The van der Waals surface area contributed by atoms with Crippen LogP contribution >= 0.6 is 15.9 Å². The summed E-state index contributed by atoms with van der Waals surface area (Å²) in [5, 5.41) is 4.15. The van der Waals surface area contributed by atoms with E-state index in [2.05, 4.69) is 21.0 Å². The predicted molar refractivity (Wildman–Crippen MR) is 88.8 cm³/mol. The molecule has 112 valence electrons. The van der Waals surface area contributed by atoms with Crippen molar-refractivity contribution < 1.29 is 8.42 Å². The molecular weight excluding hydrogens is 366 g/mol. The molecule has 2 N–H and O–H groups in total. The quantitative estimate of drug-likeness (QED) is 0.760. The highest BCUT2D eigenvalue weighted by molar-refractivity contribution is 9.10. The van der Waals surface area contributed by atoms with Crippen molar-refractivity contribution in [2.24, 2.45) is 0 Å². The molecule has 2 aromatic carbocycles. The Hall–Kier alpha value is -2.12. The van der Waals surface area contributed by atoms with Gasteiger partial charge in [-0.1, -0.05) is 46.3 Å². The van der Waals surface area contributed by atoms with Gasteiger partial charge in [0.2, 0.25) is 0 Å². The van der Waals surface area contributed by atoms with Gasteiger partial charge in [-0.25, -0.2) is 0 Å². The Morgan fingerprint density at radius 1 is 1.00 bits per heavy atom. The lowest BCUT2D eigenvalue weighted by Gasteiger charge is -2.05. The third-order valence-corrected chi connectivity index (χ3v) is 5.26. The maximum absolute atomic E-state index is 12.6. The van der Waals surface area contributed by atoms with Crippen LogP contribution in [-0.2, 0) is 10.0 Å². The average molecular weight is 378 g/mol. The third-order valence-electron chi connectivity index (χ3n) is 3.11. The molecule has 0 spiro atoms. The summed E-state index contributed by atoms with van der Waals surface area (Å²) in [6.45, 7) is 0. The van der Waals surface area contributed by atoms with Gasteiger partial charge in [0.1, 0.15) is 5.82 Å². The first kappa shape index (κ1) is 14.8. The summed E-state index contributed by atoms with van der Waals surface area (Å²) in [6, 6.07) is 17.0. The number of nitrogens with zero attached hydrogens (tertiary/aromatic N) is 2. The summed E-state index contributed by atoms with van der Waals surface area (Å²) in [4.78, 5) is 0.146. The molecule has 1 aromatic heterocycles. The van der Waals surface area contributed by atoms with Crippen LogP contribution in [0.4, 0.5) is 5.82 Å². The van der Waals surface area contributed by atoms with Crippen LogP contribution in [-0.4, -0.2) is 17.6 Å². The second-order valence-electron chi connectivity index (χ2n) is 4.62. The molecule has 22 heavy (non-hydrogen) atoms. The fourth-order valence-electron chi connectivity index (χ4n) is 2.03. The number of nitrogens with two attached hydrogens (primary N) is 1. The van der Waals surface area contributed by atoms with Crippen LogP contribution < -0.4 is 5.73 Å². The van der Waals surface area contributed by atoms with E-state index in [-0.39, 0.29) is 10.7 Å². The first-order chi connectivity index (χ1) is 10.5. The zero-order chi connectivity index (χ0) is 15.7. The van der Waals surface area contributed by atoms with Gasteiger partial charge in [0.05, 0.1) is 10.6 Å². The van der Waals surface area contributed by atoms with E-state index in [4.69, 9.17) is 5.73 Å².